The molecule has 0 radical (unpaired) electrons. The van der Waals surface area contributed by atoms with Crippen molar-refractivity contribution in [3.63, 3.8) is 0 Å². The summed E-state index contributed by atoms with van der Waals surface area (Å²) in [5.74, 6) is 2.33. The highest BCUT2D eigenvalue weighted by atomic mass is 32.2. The van der Waals surface area contributed by atoms with E-state index in [0.29, 0.717) is 12.2 Å². The zero-order valence-electron chi connectivity index (χ0n) is 20.6. The number of carbonyl (C=O) groups is 1. The van der Waals surface area contributed by atoms with Gasteiger partial charge < -0.3 is 15.4 Å². The molecule has 1 unspecified atom stereocenters. The first kappa shape index (κ1) is 26.0. The van der Waals surface area contributed by atoms with Gasteiger partial charge in [-0.25, -0.2) is 18.4 Å². The number of hydrogen-bond donors (Lipinski definition) is 2. The molecule has 4 aromatic heterocycles. The van der Waals surface area contributed by atoms with Crippen LogP contribution >= 0.6 is 11.8 Å². The maximum absolute atomic E-state index is 12.6. The van der Waals surface area contributed by atoms with Crippen LogP contribution in [0.1, 0.15) is 16.1 Å². The Hall–Kier alpha value is -3.61. The standard InChI is InChI=1S/C26H26N6O4S2/c1-38(34,35)21-9-18(11-27-15-21)26(33)30-13-19-10-24-17(12-28-19)5-6-23(31-24)22-3-2-4-25(32-22)29-14-20-16-37-8-7-36-20/h2-6,9-12,15,20H,7-8,13-14,16H2,1H3,(H,29,32)(H,30,33). The molecule has 5 rings (SSSR count). The number of nitrogens with zero attached hydrogens (tertiary/aromatic N) is 4. The Morgan fingerprint density at radius 1 is 1.11 bits per heavy atom. The monoisotopic (exact) mass is 550 g/mol. The van der Waals surface area contributed by atoms with Crippen molar-refractivity contribution in [2.75, 3.05) is 36.2 Å². The van der Waals surface area contributed by atoms with Crippen molar-refractivity contribution >= 4 is 44.2 Å². The lowest BCUT2D eigenvalue weighted by Crippen LogP contribution is -2.30. The molecule has 1 aliphatic heterocycles. The molecule has 38 heavy (non-hydrogen) atoms. The van der Waals surface area contributed by atoms with Crippen LogP contribution in [0.15, 0.2) is 66.0 Å². The fraction of sp³-hybridized carbons (Fsp3) is 0.269. The summed E-state index contributed by atoms with van der Waals surface area (Å²) in [5.41, 5.74) is 2.94. The third kappa shape index (κ3) is 6.44. The second-order valence-corrected chi connectivity index (χ2v) is 12.0. The Balaban J connectivity index is 1.28. The molecule has 0 saturated carbocycles. The first-order valence-electron chi connectivity index (χ1n) is 11.9. The van der Waals surface area contributed by atoms with Gasteiger partial charge in [-0.05, 0) is 36.4 Å². The number of rotatable bonds is 8. The Labute approximate surface area is 224 Å². The smallest absolute Gasteiger partial charge is 0.253 e. The van der Waals surface area contributed by atoms with Crippen molar-refractivity contribution < 1.29 is 17.9 Å². The normalized spacial score (nSPS) is 15.8. The molecular formula is C26H26N6O4S2. The summed E-state index contributed by atoms with van der Waals surface area (Å²) in [7, 11) is -3.47. The second-order valence-electron chi connectivity index (χ2n) is 8.79. The zero-order valence-corrected chi connectivity index (χ0v) is 22.3. The number of aromatic nitrogens is 4. The van der Waals surface area contributed by atoms with Gasteiger partial charge in [0.2, 0.25) is 0 Å². The Morgan fingerprint density at radius 3 is 2.79 bits per heavy atom. The zero-order chi connectivity index (χ0) is 26.5. The molecule has 1 aliphatic rings. The van der Waals surface area contributed by atoms with Crippen LogP contribution in [0.5, 0.6) is 0 Å². The molecule has 2 N–H and O–H groups in total. The lowest BCUT2D eigenvalue weighted by molar-refractivity contribution is 0.0847. The summed E-state index contributed by atoms with van der Waals surface area (Å²) in [6, 6.07) is 12.7. The van der Waals surface area contributed by atoms with Gasteiger partial charge in [0, 0.05) is 48.3 Å². The minimum absolute atomic E-state index is 0.0140. The van der Waals surface area contributed by atoms with Crippen LogP contribution in [-0.4, -0.2) is 71.3 Å². The lowest BCUT2D eigenvalue weighted by Gasteiger charge is -2.22. The van der Waals surface area contributed by atoms with E-state index >= 15 is 0 Å². The Bertz CT molecular complexity index is 1580. The number of amides is 1. The summed E-state index contributed by atoms with van der Waals surface area (Å²) < 4.78 is 29.3. The molecule has 196 valence electrons. The van der Waals surface area contributed by atoms with Crippen LogP contribution in [-0.2, 0) is 21.1 Å². The number of pyridine rings is 4. The number of carbonyl (C=O) groups excluding carboxylic acids is 1. The molecule has 1 fully saturated rings. The van der Waals surface area contributed by atoms with Crippen LogP contribution in [0.4, 0.5) is 5.82 Å². The van der Waals surface area contributed by atoms with Gasteiger partial charge in [0.05, 0.1) is 52.3 Å². The predicted molar refractivity (Wildman–Crippen MR) is 147 cm³/mol. The first-order valence-corrected chi connectivity index (χ1v) is 15.0. The molecular weight excluding hydrogens is 524 g/mol. The molecule has 0 aromatic carbocycles. The average Bonchev–Trinajstić information content (AvgIpc) is 2.94. The molecule has 4 aromatic rings. The lowest BCUT2D eigenvalue weighted by atomic mass is 10.2. The number of fused-ring (bicyclic) bond motifs is 1. The van der Waals surface area contributed by atoms with Crippen molar-refractivity contribution in [1.29, 1.82) is 0 Å². The predicted octanol–water partition coefficient (Wildman–Crippen LogP) is 2.96. The number of ether oxygens (including phenoxy) is 1. The van der Waals surface area contributed by atoms with Crippen molar-refractivity contribution in [3.8, 4) is 11.4 Å². The fourth-order valence-electron chi connectivity index (χ4n) is 3.86. The summed E-state index contributed by atoms with van der Waals surface area (Å²) >= 11 is 1.90. The molecule has 0 aliphatic carbocycles. The highest BCUT2D eigenvalue weighted by Crippen LogP contribution is 2.21. The van der Waals surface area contributed by atoms with E-state index in [1.54, 1.807) is 6.20 Å². The van der Waals surface area contributed by atoms with Crippen LogP contribution < -0.4 is 10.6 Å². The van der Waals surface area contributed by atoms with Crippen LogP contribution in [0, 0.1) is 0 Å². The Kier molecular flexibility index (Phi) is 7.82. The van der Waals surface area contributed by atoms with Gasteiger partial charge in [0.15, 0.2) is 9.84 Å². The van der Waals surface area contributed by atoms with E-state index in [1.807, 2.05) is 48.2 Å². The maximum Gasteiger partial charge on any atom is 0.253 e. The van der Waals surface area contributed by atoms with E-state index in [9.17, 15) is 13.2 Å². The third-order valence-corrected chi connectivity index (χ3v) is 8.01. The van der Waals surface area contributed by atoms with Crippen molar-refractivity contribution in [2.45, 2.75) is 17.5 Å². The van der Waals surface area contributed by atoms with E-state index in [1.165, 1.54) is 18.5 Å². The largest absolute Gasteiger partial charge is 0.375 e. The van der Waals surface area contributed by atoms with Gasteiger partial charge in [-0.2, -0.15) is 11.8 Å². The maximum atomic E-state index is 12.6. The summed E-state index contributed by atoms with van der Waals surface area (Å²) in [6.07, 6.45) is 5.48. The van der Waals surface area contributed by atoms with Crippen LogP contribution in [0.3, 0.4) is 0 Å². The van der Waals surface area contributed by atoms with Gasteiger partial charge in [-0.15, -0.1) is 0 Å². The van der Waals surface area contributed by atoms with E-state index in [4.69, 9.17) is 14.7 Å². The van der Waals surface area contributed by atoms with Gasteiger partial charge in [0.25, 0.3) is 5.91 Å². The van der Waals surface area contributed by atoms with Gasteiger partial charge >= 0.3 is 0 Å². The summed E-state index contributed by atoms with van der Waals surface area (Å²) in [4.78, 5) is 30.3. The highest BCUT2D eigenvalue weighted by molar-refractivity contribution is 7.99. The fourth-order valence-corrected chi connectivity index (χ4v) is 5.32. The summed E-state index contributed by atoms with van der Waals surface area (Å²) in [5, 5.41) is 6.97. The van der Waals surface area contributed by atoms with E-state index in [0.717, 1.165) is 52.5 Å². The summed E-state index contributed by atoms with van der Waals surface area (Å²) in [6.45, 7) is 1.62. The quantitative estimate of drug-likeness (QED) is 0.337. The molecule has 10 nitrogen and oxygen atoms in total. The topological polar surface area (TPSA) is 136 Å². The van der Waals surface area contributed by atoms with E-state index in [-0.39, 0.29) is 23.1 Å². The minimum atomic E-state index is -3.47. The molecule has 5 heterocycles. The number of anilines is 1. The molecule has 0 spiro atoms. The van der Waals surface area contributed by atoms with Crippen LogP contribution in [0.25, 0.3) is 22.3 Å². The van der Waals surface area contributed by atoms with Gasteiger partial charge in [-0.1, -0.05) is 6.07 Å². The molecule has 1 atom stereocenters. The molecule has 1 saturated heterocycles. The van der Waals surface area contributed by atoms with E-state index in [2.05, 4.69) is 20.6 Å². The Morgan fingerprint density at radius 2 is 1.97 bits per heavy atom. The third-order valence-electron chi connectivity index (χ3n) is 5.87. The minimum Gasteiger partial charge on any atom is -0.375 e. The number of hydrogen-bond acceptors (Lipinski definition) is 10. The average molecular weight is 551 g/mol. The number of thioether (sulfide) groups is 1. The second kappa shape index (κ2) is 11.4. The SMILES string of the molecule is CS(=O)(=O)c1cncc(C(=O)NCc2cc3nc(-c4cccc(NCC5CSCCO5)n4)ccc3cn2)c1. The molecule has 0 bridgehead atoms. The van der Waals surface area contributed by atoms with Crippen molar-refractivity contribution in [3.05, 3.63) is 72.3 Å². The van der Waals surface area contributed by atoms with Gasteiger partial charge in [0.1, 0.15) is 5.82 Å². The number of sulfone groups is 1. The molecule has 12 heteroatoms. The molecule has 1 amide bonds. The first-order chi connectivity index (χ1) is 18.3. The van der Waals surface area contributed by atoms with Crippen molar-refractivity contribution in [2.24, 2.45) is 0 Å². The van der Waals surface area contributed by atoms with E-state index < -0.39 is 15.7 Å². The highest BCUT2D eigenvalue weighted by Gasteiger charge is 2.15. The van der Waals surface area contributed by atoms with Gasteiger partial charge in [-0.3, -0.25) is 14.8 Å². The number of nitrogens with one attached hydrogen (secondary N) is 2. The van der Waals surface area contributed by atoms with Crippen LogP contribution in [0.2, 0.25) is 0 Å². The van der Waals surface area contributed by atoms with Crippen molar-refractivity contribution in [1.82, 2.24) is 25.3 Å².